The first-order chi connectivity index (χ1) is 17.3. The van der Waals surface area contributed by atoms with Gasteiger partial charge in [-0.3, -0.25) is 0 Å². The second-order valence-corrected chi connectivity index (χ2v) is 9.23. The molecule has 2 N–H and O–H groups in total. The summed E-state index contributed by atoms with van der Waals surface area (Å²) in [5.74, 6) is -0.691. The molecule has 0 amide bonds. The van der Waals surface area contributed by atoms with Crippen LogP contribution in [0.25, 0.3) is 21.9 Å². The van der Waals surface area contributed by atoms with E-state index in [2.05, 4.69) is 29.8 Å². The van der Waals surface area contributed by atoms with Crippen LogP contribution in [0.5, 0.6) is 5.75 Å². The maximum Gasteiger partial charge on any atom is 0.344 e. The average molecular weight is 501 g/mol. The number of nitriles is 1. The summed E-state index contributed by atoms with van der Waals surface area (Å²) in [5, 5.41) is 11.7. The Balaban J connectivity index is 1.81. The smallest absolute Gasteiger partial charge is 0.344 e. The first kappa shape index (κ1) is 23.7. The average Bonchev–Trinajstić information content (AvgIpc) is 2.86. The molecule has 4 aromatic rings. The van der Waals surface area contributed by atoms with Gasteiger partial charge in [0, 0.05) is 35.8 Å². The molecule has 0 radical (unpaired) electrons. The molecule has 182 valence electrons. The highest BCUT2D eigenvalue weighted by Crippen LogP contribution is 2.46. The molecule has 0 aliphatic carbocycles. The van der Waals surface area contributed by atoms with Crippen molar-refractivity contribution in [3.05, 3.63) is 85.7 Å². The van der Waals surface area contributed by atoms with Crippen molar-refractivity contribution in [2.24, 2.45) is 5.73 Å². The van der Waals surface area contributed by atoms with Crippen molar-refractivity contribution in [3.63, 3.8) is 0 Å². The molecule has 7 nitrogen and oxygen atoms in total. The molecule has 36 heavy (non-hydrogen) atoms. The maximum absolute atomic E-state index is 13.4. The van der Waals surface area contributed by atoms with E-state index in [1.54, 1.807) is 0 Å². The predicted molar refractivity (Wildman–Crippen MR) is 142 cm³/mol. The van der Waals surface area contributed by atoms with Crippen LogP contribution in [-0.4, -0.2) is 18.1 Å². The van der Waals surface area contributed by atoms with Crippen LogP contribution < -0.4 is 21.0 Å². The highest BCUT2D eigenvalue weighted by molar-refractivity contribution is 6.30. The fourth-order valence-electron chi connectivity index (χ4n) is 4.93. The summed E-state index contributed by atoms with van der Waals surface area (Å²) < 4.78 is 11.7. The zero-order chi connectivity index (χ0) is 25.7. The SMILES string of the molecule is CCN(CC)c1ccc2c3c(c(=O)oc2c1)C(c1cc2c(C)ccc(C)c2nc1Cl)C(C#N)=C(N)O3. The van der Waals surface area contributed by atoms with Crippen LogP contribution in [0.2, 0.25) is 5.15 Å². The zero-order valence-corrected chi connectivity index (χ0v) is 21.2. The largest absolute Gasteiger partial charge is 0.439 e. The summed E-state index contributed by atoms with van der Waals surface area (Å²) in [6.07, 6.45) is 0. The van der Waals surface area contributed by atoms with Gasteiger partial charge in [-0.05, 0) is 57.0 Å². The predicted octanol–water partition coefficient (Wildman–Crippen LogP) is 5.68. The fraction of sp³-hybridized carbons (Fsp3) is 0.250. The van der Waals surface area contributed by atoms with Gasteiger partial charge in [-0.2, -0.15) is 5.26 Å². The van der Waals surface area contributed by atoms with Crippen LogP contribution in [-0.2, 0) is 0 Å². The Bertz CT molecular complexity index is 1680. The lowest BCUT2D eigenvalue weighted by molar-refractivity contribution is 0.388. The number of benzene rings is 2. The lowest BCUT2D eigenvalue weighted by atomic mass is 9.83. The lowest BCUT2D eigenvalue weighted by Crippen LogP contribution is -2.27. The Hall–Kier alpha value is -4.02. The molecular formula is C28H25ClN4O3. The van der Waals surface area contributed by atoms with Gasteiger partial charge >= 0.3 is 5.63 Å². The molecule has 0 fully saturated rings. The number of hydrogen-bond acceptors (Lipinski definition) is 7. The van der Waals surface area contributed by atoms with Crippen molar-refractivity contribution < 1.29 is 9.15 Å². The number of aryl methyl sites for hydroxylation is 2. The minimum atomic E-state index is -0.883. The van der Waals surface area contributed by atoms with Gasteiger partial charge in [0.15, 0.2) is 5.75 Å². The van der Waals surface area contributed by atoms with Gasteiger partial charge in [0.25, 0.3) is 0 Å². The molecule has 2 aromatic heterocycles. The molecule has 0 bridgehead atoms. The molecule has 1 unspecified atom stereocenters. The molecular weight excluding hydrogens is 476 g/mol. The number of pyridine rings is 1. The van der Waals surface area contributed by atoms with E-state index < -0.39 is 11.5 Å². The van der Waals surface area contributed by atoms with E-state index >= 15 is 0 Å². The summed E-state index contributed by atoms with van der Waals surface area (Å²) in [5.41, 5.74) is 10.4. The van der Waals surface area contributed by atoms with Crippen molar-refractivity contribution in [2.45, 2.75) is 33.6 Å². The molecule has 0 saturated carbocycles. The van der Waals surface area contributed by atoms with E-state index in [0.717, 1.165) is 40.8 Å². The van der Waals surface area contributed by atoms with Gasteiger partial charge in [0.05, 0.1) is 22.4 Å². The highest BCUT2D eigenvalue weighted by atomic mass is 35.5. The number of anilines is 1. The number of fused-ring (bicyclic) bond motifs is 4. The van der Waals surface area contributed by atoms with E-state index in [1.807, 2.05) is 50.2 Å². The van der Waals surface area contributed by atoms with E-state index in [0.29, 0.717) is 16.5 Å². The van der Waals surface area contributed by atoms with Gasteiger partial charge < -0.3 is 19.8 Å². The third kappa shape index (κ3) is 3.57. The fourth-order valence-corrected chi connectivity index (χ4v) is 5.18. The monoisotopic (exact) mass is 500 g/mol. The van der Waals surface area contributed by atoms with Crippen LogP contribution in [0.15, 0.2) is 57.1 Å². The third-order valence-electron chi connectivity index (χ3n) is 6.88. The summed E-state index contributed by atoms with van der Waals surface area (Å²) in [4.78, 5) is 20.2. The minimum absolute atomic E-state index is 0.0770. The Morgan fingerprint density at radius 1 is 1.11 bits per heavy atom. The van der Waals surface area contributed by atoms with Crippen LogP contribution in [0.3, 0.4) is 0 Å². The molecule has 2 aromatic carbocycles. The lowest BCUT2D eigenvalue weighted by Gasteiger charge is -2.27. The van der Waals surface area contributed by atoms with Crippen LogP contribution >= 0.6 is 11.6 Å². The number of nitrogens with zero attached hydrogens (tertiary/aromatic N) is 3. The quantitative estimate of drug-likeness (QED) is 0.284. The summed E-state index contributed by atoms with van der Waals surface area (Å²) in [6, 6.07) is 13.6. The second kappa shape index (κ2) is 8.89. The molecule has 3 heterocycles. The van der Waals surface area contributed by atoms with Gasteiger partial charge in [0.2, 0.25) is 5.88 Å². The minimum Gasteiger partial charge on any atom is -0.439 e. The van der Waals surface area contributed by atoms with E-state index in [1.165, 1.54) is 0 Å². The summed E-state index contributed by atoms with van der Waals surface area (Å²) >= 11 is 6.69. The standard InChI is InChI=1S/C28H25ClN4O3/c1-5-33(6-2)16-9-10-17-21(11-16)35-28(34)23-22(20(13-30)27(31)36-25(17)23)19-12-18-14(3)7-8-15(4)24(18)32-26(19)29/h7-12,22H,5-6,31H2,1-4H3. The highest BCUT2D eigenvalue weighted by Gasteiger charge is 2.37. The van der Waals surface area contributed by atoms with Gasteiger partial charge in [-0.1, -0.05) is 23.7 Å². The number of allylic oxidation sites excluding steroid dienone is 1. The number of hydrogen-bond donors (Lipinski definition) is 1. The zero-order valence-electron chi connectivity index (χ0n) is 20.5. The molecule has 5 rings (SSSR count). The van der Waals surface area contributed by atoms with Crippen molar-refractivity contribution in [1.82, 2.24) is 4.98 Å². The van der Waals surface area contributed by atoms with E-state index in [9.17, 15) is 10.1 Å². The second-order valence-electron chi connectivity index (χ2n) is 8.87. The Labute approximate surface area is 213 Å². The number of aromatic nitrogens is 1. The van der Waals surface area contributed by atoms with Crippen molar-refractivity contribution in [3.8, 4) is 11.8 Å². The summed E-state index contributed by atoms with van der Waals surface area (Å²) in [6.45, 7) is 9.67. The Morgan fingerprint density at radius 3 is 2.53 bits per heavy atom. The molecule has 1 aliphatic rings. The normalized spacial score (nSPS) is 15.1. The third-order valence-corrected chi connectivity index (χ3v) is 7.18. The van der Waals surface area contributed by atoms with Crippen LogP contribution in [0.1, 0.15) is 42.0 Å². The molecule has 0 saturated heterocycles. The van der Waals surface area contributed by atoms with Crippen molar-refractivity contribution in [1.29, 1.82) is 5.26 Å². The molecule has 1 atom stereocenters. The van der Waals surface area contributed by atoms with Crippen LogP contribution in [0, 0.1) is 25.2 Å². The van der Waals surface area contributed by atoms with Gasteiger partial charge in [0.1, 0.15) is 22.4 Å². The molecule has 1 aliphatic heterocycles. The first-order valence-electron chi connectivity index (χ1n) is 11.8. The van der Waals surface area contributed by atoms with Crippen LogP contribution in [0.4, 0.5) is 5.69 Å². The molecule has 8 heteroatoms. The topological polar surface area (TPSA) is 105 Å². The van der Waals surface area contributed by atoms with Crippen molar-refractivity contribution >= 4 is 39.2 Å². The van der Waals surface area contributed by atoms with E-state index in [4.69, 9.17) is 26.5 Å². The number of halogens is 1. The Morgan fingerprint density at radius 2 is 1.83 bits per heavy atom. The Kier molecular flexibility index (Phi) is 5.85. The molecule has 0 spiro atoms. The van der Waals surface area contributed by atoms with E-state index in [-0.39, 0.29) is 27.9 Å². The first-order valence-corrected chi connectivity index (χ1v) is 12.2. The number of nitrogens with two attached hydrogens (primary N) is 1. The summed E-state index contributed by atoms with van der Waals surface area (Å²) in [7, 11) is 0. The maximum atomic E-state index is 13.4. The number of ether oxygens (including phenoxy) is 1. The van der Waals surface area contributed by atoms with Gasteiger partial charge in [-0.25, -0.2) is 9.78 Å². The van der Waals surface area contributed by atoms with Gasteiger partial charge in [-0.15, -0.1) is 0 Å². The number of rotatable bonds is 4. The van der Waals surface area contributed by atoms with Crippen molar-refractivity contribution in [2.75, 3.05) is 18.0 Å².